The van der Waals surface area contributed by atoms with Gasteiger partial charge in [0.1, 0.15) is 5.75 Å². The Balaban J connectivity index is 1.70. The molecule has 0 unspecified atom stereocenters. The predicted octanol–water partition coefficient (Wildman–Crippen LogP) is 4.90. The van der Waals surface area contributed by atoms with Gasteiger partial charge in [0.2, 0.25) is 0 Å². The zero-order valence-electron chi connectivity index (χ0n) is 13.5. The van der Waals surface area contributed by atoms with Gasteiger partial charge in [-0.05, 0) is 44.2 Å². The van der Waals surface area contributed by atoms with E-state index in [0.717, 1.165) is 23.5 Å². The first-order valence-electron chi connectivity index (χ1n) is 7.52. The van der Waals surface area contributed by atoms with Crippen molar-refractivity contribution in [2.75, 3.05) is 5.32 Å². The SMILES string of the molecule is CC(C)NC(=O)Nc1ccc(Oc2nc3cc(F)c(F)cc3s2)cc1. The summed E-state index contributed by atoms with van der Waals surface area (Å²) < 4.78 is 32.6. The first-order chi connectivity index (χ1) is 11.9. The average molecular weight is 363 g/mol. The van der Waals surface area contributed by atoms with Crippen molar-refractivity contribution in [2.24, 2.45) is 0 Å². The second-order valence-corrected chi connectivity index (χ2v) is 6.59. The predicted molar refractivity (Wildman–Crippen MR) is 93.3 cm³/mol. The molecule has 25 heavy (non-hydrogen) atoms. The van der Waals surface area contributed by atoms with Crippen LogP contribution >= 0.6 is 11.3 Å². The Morgan fingerprint density at radius 2 is 1.84 bits per heavy atom. The van der Waals surface area contributed by atoms with Gasteiger partial charge in [0.15, 0.2) is 11.6 Å². The maximum atomic E-state index is 13.2. The quantitative estimate of drug-likeness (QED) is 0.693. The molecule has 0 bridgehead atoms. The van der Waals surface area contributed by atoms with Crippen molar-refractivity contribution < 1.29 is 18.3 Å². The number of aromatic nitrogens is 1. The van der Waals surface area contributed by atoms with E-state index in [-0.39, 0.29) is 17.3 Å². The molecule has 0 spiro atoms. The lowest BCUT2D eigenvalue weighted by Crippen LogP contribution is -2.34. The minimum Gasteiger partial charge on any atom is -0.431 e. The van der Waals surface area contributed by atoms with E-state index in [0.29, 0.717) is 21.7 Å². The number of urea groups is 1. The Hall–Kier alpha value is -2.74. The van der Waals surface area contributed by atoms with Crippen LogP contribution in [0.3, 0.4) is 0 Å². The minimum absolute atomic E-state index is 0.0383. The molecule has 8 heteroatoms. The molecule has 5 nitrogen and oxygen atoms in total. The zero-order valence-corrected chi connectivity index (χ0v) is 14.3. The Kier molecular flexibility index (Phi) is 4.80. The molecule has 1 heterocycles. The summed E-state index contributed by atoms with van der Waals surface area (Å²) in [6, 6.07) is 8.57. The zero-order chi connectivity index (χ0) is 18.0. The monoisotopic (exact) mass is 363 g/mol. The number of fused-ring (bicyclic) bond motifs is 1. The number of nitrogens with zero attached hydrogens (tertiary/aromatic N) is 1. The fourth-order valence-electron chi connectivity index (χ4n) is 2.08. The van der Waals surface area contributed by atoms with Gasteiger partial charge in [-0.25, -0.2) is 18.6 Å². The highest BCUT2D eigenvalue weighted by Crippen LogP contribution is 2.32. The third kappa shape index (κ3) is 4.21. The third-order valence-electron chi connectivity index (χ3n) is 3.15. The van der Waals surface area contributed by atoms with Crippen LogP contribution in [-0.2, 0) is 0 Å². The molecule has 3 aromatic rings. The maximum absolute atomic E-state index is 13.2. The third-order valence-corrected chi connectivity index (χ3v) is 4.04. The summed E-state index contributed by atoms with van der Waals surface area (Å²) >= 11 is 1.12. The van der Waals surface area contributed by atoms with Crippen LogP contribution in [0.2, 0.25) is 0 Å². The fraction of sp³-hybridized carbons (Fsp3) is 0.176. The van der Waals surface area contributed by atoms with E-state index in [1.165, 1.54) is 0 Å². The van der Waals surface area contributed by atoms with E-state index >= 15 is 0 Å². The van der Waals surface area contributed by atoms with Crippen LogP contribution in [0.25, 0.3) is 10.2 Å². The molecular formula is C17H15F2N3O2S. The van der Waals surface area contributed by atoms with Crippen LogP contribution in [-0.4, -0.2) is 17.1 Å². The second kappa shape index (κ2) is 7.02. The van der Waals surface area contributed by atoms with Crippen LogP contribution in [0.1, 0.15) is 13.8 Å². The summed E-state index contributed by atoms with van der Waals surface area (Å²) in [5.74, 6) is -1.37. The van der Waals surface area contributed by atoms with E-state index < -0.39 is 11.6 Å². The lowest BCUT2D eigenvalue weighted by atomic mass is 10.3. The van der Waals surface area contributed by atoms with E-state index in [2.05, 4.69) is 15.6 Å². The van der Waals surface area contributed by atoms with Crippen LogP contribution in [0, 0.1) is 11.6 Å². The number of hydrogen-bond acceptors (Lipinski definition) is 4. The molecule has 0 aliphatic carbocycles. The molecule has 0 radical (unpaired) electrons. The van der Waals surface area contributed by atoms with Crippen molar-refractivity contribution in [1.29, 1.82) is 0 Å². The normalized spacial score (nSPS) is 10.9. The molecule has 0 aliphatic heterocycles. The number of hydrogen-bond donors (Lipinski definition) is 2. The number of amides is 2. The van der Waals surface area contributed by atoms with E-state index in [1.54, 1.807) is 24.3 Å². The van der Waals surface area contributed by atoms with Crippen molar-refractivity contribution in [3.63, 3.8) is 0 Å². The van der Waals surface area contributed by atoms with Gasteiger partial charge in [-0.15, -0.1) is 0 Å². The second-order valence-electron chi connectivity index (χ2n) is 5.59. The molecule has 0 atom stereocenters. The summed E-state index contributed by atoms with van der Waals surface area (Å²) in [4.78, 5) is 15.8. The molecule has 0 saturated carbocycles. The Morgan fingerprint density at radius 1 is 1.16 bits per heavy atom. The molecule has 2 amide bonds. The Morgan fingerprint density at radius 3 is 2.52 bits per heavy atom. The van der Waals surface area contributed by atoms with Crippen LogP contribution in [0.5, 0.6) is 10.9 Å². The smallest absolute Gasteiger partial charge is 0.319 e. The lowest BCUT2D eigenvalue weighted by Gasteiger charge is -2.10. The first kappa shape index (κ1) is 17.1. The van der Waals surface area contributed by atoms with Gasteiger partial charge in [0.25, 0.3) is 5.19 Å². The van der Waals surface area contributed by atoms with Crippen molar-refractivity contribution in [3.8, 4) is 10.9 Å². The molecule has 0 aliphatic rings. The number of ether oxygens (including phenoxy) is 1. The first-order valence-corrected chi connectivity index (χ1v) is 8.33. The highest BCUT2D eigenvalue weighted by molar-refractivity contribution is 7.20. The number of halogens is 2. The highest BCUT2D eigenvalue weighted by atomic mass is 32.1. The molecule has 0 fully saturated rings. The van der Waals surface area contributed by atoms with Gasteiger partial charge >= 0.3 is 6.03 Å². The number of carbonyl (C=O) groups is 1. The van der Waals surface area contributed by atoms with Crippen molar-refractivity contribution in [1.82, 2.24) is 10.3 Å². The summed E-state index contributed by atoms with van der Waals surface area (Å²) in [6.45, 7) is 3.73. The topological polar surface area (TPSA) is 63.2 Å². The van der Waals surface area contributed by atoms with E-state index in [1.807, 2.05) is 13.8 Å². The summed E-state index contributed by atoms with van der Waals surface area (Å²) in [6.07, 6.45) is 0. The molecule has 3 rings (SSSR count). The van der Waals surface area contributed by atoms with E-state index in [4.69, 9.17) is 4.74 Å². The number of anilines is 1. The largest absolute Gasteiger partial charge is 0.431 e. The number of carbonyl (C=O) groups excluding carboxylic acids is 1. The molecular weight excluding hydrogens is 348 g/mol. The van der Waals surface area contributed by atoms with Gasteiger partial charge < -0.3 is 15.4 Å². The van der Waals surface area contributed by atoms with Gasteiger partial charge in [0, 0.05) is 17.8 Å². The minimum atomic E-state index is -0.945. The van der Waals surface area contributed by atoms with Gasteiger partial charge in [0.05, 0.1) is 10.2 Å². The van der Waals surface area contributed by atoms with Gasteiger partial charge in [-0.2, -0.15) is 0 Å². The Bertz CT molecular complexity index is 871. The molecule has 0 saturated heterocycles. The fourth-order valence-corrected chi connectivity index (χ4v) is 2.92. The molecule has 1 aromatic heterocycles. The summed E-state index contributed by atoms with van der Waals surface area (Å²) in [7, 11) is 0. The van der Waals surface area contributed by atoms with Crippen molar-refractivity contribution in [3.05, 3.63) is 48.0 Å². The Labute approximate surface area is 146 Å². The van der Waals surface area contributed by atoms with Crippen molar-refractivity contribution >= 4 is 33.3 Å². The number of benzene rings is 2. The van der Waals surface area contributed by atoms with Crippen LogP contribution < -0.4 is 15.4 Å². The van der Waals surface area contributed by atoms with Gasteiger partial charge in [-0.3, -0.25) is 0 Å². The maximum Gasteiger partial charge on any atom is 0.319 e. The number of thiazole rings is 1. The van der Waals surface area contributed by atoms with Crippen LogP contribution in [0.4, 0.5) is 19.3 Å². The molecule has 2 N–H and O–H groups in total. The van der Waals surface area contributed by atoms with Crippen molar-refractivity contribution in [2.45, 2.75) is 19.9 Å². The molecule has 130 valence electrons. The number of nitrogens with one attached hydrogen (secondary N) is 2. The molecule has 2 aromatic carbocycles. The van der Waals surface area contributed by atoms with Crippen LogP contribution in [0.15, 0.2) is 36.4 Å². The summed E-state index contributed by atoms with van der Waals surface area (Å²) in [5.41, 5.74) is 0.946. The highest BCUT2D eigenvalue weighted by Gasteiger charge is 2.11. The number of rotatable bonds is 4. The van der Waals surface area contributed by atoms with E-state index in [9.17, 15) is 13.6 Å². The van der Waals surface area contributed by atoms with Gasteiger partial charge in [-0.1, -0.05) is 11.3 Å². The average Bonchev–Trinajstić information content (AvgIpc) is 2.90. The standard InChI is InChI=1S/C17H15F2N3O2S/c1-9(2)20-16(23)21-10-3-5-11(6-4-10)24-17-22-14-7-12(18)13(19)8-15(14)25-17/h3-9H,1-2H3,(H2,20,21,23). The lowest BCUT2D eigenvalue weighted by molar-refractivity contribution is 0.250. The summed E-state index contributed by atoms with van der Waals surface area (Å²) in [5, 5.41) is 5.69.